The largest absolute Gasteiger partial charge is 0.348 e. The maximum atomic E-state index is 10.9. The highest BCUT2D eigenvalue weighted by Gasteiger charge is 2.03. The molecule has 0 radical (unpaired) electrons. The van der Waals surface area contributed by atoms with Crippen molar-refractivity contribution in [3.63, 3.8) is 0 Å². The Morgan fingerprint density at radius 3 is 2.84 bits per heavy atom. The molecule has 0 aliphatic rings. The zero-order valence-electron chi connectivity index (χ0n) is 11.2. The van der Waals surface area contributed by atoms with Crippen LogP contribution in [0, 0.1) is 0 Å². The highest BCUT2D eigenvalue weighted by molar-refractivity contribution is 7.98. The van der Waals surface area contributed by atoms with Crippen molar-refractivity contribution in [2.75, 3.05) is 6.26 Å². The van der Waals surface area contributed by atoms with E-state index in [2.05, 4.69) is 34.8 Å². The van der Waals surface area contributed by atoms with Crippen molar-refractivity contribution in [1.29, 1.82) is 0 Å². The maximum Gasteiger partial charge on any atom is 0.332 e. The fourth-order valence-electron chi connectivity index (χ4n) is 1.90. The second-order valence-electron chi connectivity index (χ2n) is 4.04. The molecule has 1 aromatic carbocycles. The van der Waals surface area contributed by atoms with Crippen molar-refractivity contribution >= 4 is 28.6 Å². The second-order valence-corrected chi connectivity index (χ2v) is 4.92. The van der Waals surface area contributed by atoms with Crippen LogP contribution in [0.15, 0.2) is 40.5 Å². The molecule has 100 valence electrons. The Bertz CT molecular complexity index is 677. The molecule has 1 heterocycles. The van der Waals surface area contributed by atoms with Gasteiger partial charge in [-0.2, -0.15) is 0 Å². The minimum atomic E-state index is -0.415. The molecule has 0 unspecified atom stereocenters. The first-order chi connectivity index (χ1) is 9.15. The van der Waals surface area contributed by atoms with Crippen molar-refractivity contribution in [2.24, 2.45) is 5.16 Å². The lowest BCUT2D eigenvalue weighted by Crippen LogP contribution is -2.10. The van der Waals surface area contributed by atoms with E-state index in [1.807, 2.05) is 18.5 Å². The minimum absolute atomic E-state index is 0.415. The lowest BCUT2D eigenvalue weighted by Gasteiger charge is -2.09. The summed E-state index contributed by atoms with van der Waals surface area (Å²) in [5.74, 6) is -0.415. The Labute approximate surface area is 116 Å². The molecule has 5 heteroatoms. The van der Waals surface area contributed by atoms with Crippen LogP contribution in [0.3, 0.4) is 0 Å². The standard InChI is InChI=1S/C14H16N2O2S/c1-4-16-8-7-13(15-18-10(2)17)12-9-11(19-3)5-6-14(12)16/h5-9H,4H2,1-3H3/b15-13+. The van der Waals surface area contributed by atoms with Crippen LogP contribution in [0.25, 0.3) is 10.9 Å². The minimum Gasteiger partial charge on any atom is -0.348 e. The predicted molar refractivity (Wildman–Crippen MR) is 76.7 cm³/mol. The smallest absolute Gasteiger partial charge is 0.332 e. The number of fused-ring (bicyclic) bond motifs is 1. The predicted octanol–water partition coefficient (Wildman–Crippen LogP) is 2.76. The van der Waals surface area contributed by atoms with Crippen LogP contribution < -0.4 is 5.36 Å². The van der Waals surface area contributed by atoms with E-state index < -0.39 is 5.97 Å². The average Bonchev–Trinajstić information content (AvgIpc) is 2.43. The molecular formula is C14H16N2O2S. The van der Waals surface area contributed by atoms with Crippen LogP contribution in [-0.2, 0) is 16.2 Å². The topological polar surface area (TPSA) is 43.6 Å². The van der Waals surface area contributed by atoms with Gasteiger partial charge in [0.05, 0.1) is 5.52 Å². The first-order valence-electron chi connectivity index (χ1n) is 6.04. The van der Waals surface area contributed by atoms with E-state index in [1.54, 1.807) is 11.8 Å². The maximum absolute atomic E-state index is 10.9. The van der Waals surface area contributed by atoms with Crippen LogP contribution >= 0.6 is 11.8 Å². The second kappa shape index (κ2) is 5.93. The molecule has 0 fully saturated rings. The van der Waals surface area contributed by atoms with E-state index in [0.717, 1.165) is 22.3 Å². The van der Waals surface area contributed by atoms with E-state index in [0.29, 0.717) is 5.36 Å². The first kappa shape index (κ1) is 13.7. The van der Waals surface area contributed by atoms with Crippen LogP contribution in [-0.4, -0.2) is 16.8 Å². The van der Waals surface area contributed by atoms with E-state index in [4.69, 9.17) is 4.84 Å². The molecule has 1 aromatic heterocycles. The average molecular weight is 276 g/mol. The Morgan fingerprint density at radius 1 is 1.42 bits per heavy atom. The molecule has 19 heavy (non-hydrogen) atoms. The zero-order chi connectivity index (χ0) is 13.8. The van der Waals surface area contributed by atoms with Gasteiger partial charge in [0.15, 0.2) is 0 Å². The Kier molecular flexibility index (Phi) is 4.27. The van der Waals surface area contributed by atoms with Crippen molar-refractivity contribution in [3.05, 3.63) is 35.8 Å². The number of hydrogen-bond donors (Lipinski definition) is 0. The summed E-state index contributed by atoms with van der Waals surface area (Å²) < 4.78 is 2.13. The van der Waals surface area contributed by atoms with E-state index in [-0.39, 0.29) is 0 Å². The summed E-state index contributed by atoms with van der Waals surface area (Å²) >= 11 is 1.67. The molecule has 0 aliphatic carbocycles. The van der Waals surface area contributed by atoms with Gasteiger partial charge in [0, 0.05) is 29.9 Å². The highest BCUT2D eigenvalue weighted by Crippen LogP contribution is 2.19. The fraction of sp³-hybridized carbons (Fsp3) is 0.286. The van der Waals surface area contributed by atoms with Crippen LogP contribution in [0.1, 0.15) is 13.8 Å². The molecule has 0 atom stereocenters. The molecule has 0 saturated heterocycles. The van der Waals surface area contributed by atoms with Crippen LogP contribution in [0.4, 0.5) is 0 Å². The summed E-state index contributed by atoms with van der Waals surface area (Å²) in [6.45, 7) is 4.31. The molecule has 2 aromatic rings. The van der Waals surface area contributed by atoms with Crippen molar-refractivity contribution in [1.82, 2.24) is 4.57 Å². The van der Waals surface area contributed by atoms with Crippen molar-refractivity contribution in [2.45, 2.75) is 25.3 Å². The molecule has 4 nitrogen and oxygen atoms in total. The number of benzene rings is 1. The van der Waals surface area contributed by atoms with E-state index in [9.17, 15) is 4.79 Å². The van der Waals surface area contributed by atoms with E-state index >= 15 is 0 Å². The molecule has 0 aliphatic heterocycles. The van der Waals surface area contributed by atoms with Crippen LogP contribution in [0.5, 0.6) is 0 Å². The van der Waals surface area contributed by atoms with Gasteiger partial charge in [-0.3, -0.25) is 0 Å². The number of aryl methyl sites for hydroxylation is 1. The third kappa shape index (κ3) is 2.98. The summed E-state index contributed by atoms with van der Waals surface area (Å²) in [6, 6.07) is 8.07. The summed E-state index contributed by atoms with van der Waals surface area (Å²) in [6.07, 6.45) is 3.98. The summed E-state index contributed by atoms with van der Waals surface area (Å²) in [4.78, 5) is 16.8. The number of thioether (sulfide) groups is 1. The van der Waals surface area contributed by atoms with Gasteiger partial charge >= 0.3 is 5.97 Å². The zero-order valence-corrected chi connectivity index (χ0v) is 12.0. The Balaban J connectivity index is 2.70. The number of nitrogens with zero attached hydrogens (tertiary/aromatic N) is 2. The van der Waals surface area contributed by atoms with Gasteiger partial charge in [0.1, 0.15) is 5.36 Å². The normalized spacial score (nSPS) is 11.8. The number of carbonyl (C=O) groups is 1. The van der Waals surface area contributed by atoms with Gasteiger partial charge in [0.2, 0.25) is 0 Å². The number of hydrogen-bond acceptors (Lipinski definition) is 4. The summed E-state index contributed by atoms with van der Waals surface area (Å²) in [5, 5.41) is 5.57. The quantitative estimate of drug-likeness (QED) is 0.492. The number of aromatic nitrogens is 1. The van der Waals surface area contributed by atoms with Crippen molar-refractivity contribution in [3.8, 4) is 0 Å². The first-order valence-corrected chi connectivity index (χ1v) is 7.27. The Morgan fingerprint density at radius 2 is 2.21 bits per heavy atom. The molecule has 0 N–H and O–H groups in total. The van der Waals surface area contributed by atoms with E-state index in [1.165, 1.54) is 6.92 Å². The van der Waals surface area contributed by atoms with Gasteiger partial charge in [-0.1, -0.05) is 5.16 Å². The molecule has 0 amide bonds. The monoisotopic (exact) mass is 276 g/mol. The SMILES string of the molecule is CCn1cc/c(=N\OC(C)=O)c2cc(SC)ccc21. The lowest BCUT2D eigenvalue weighted by molar-refractivity contribution is -0.141. The lowest BCUT2D eigenvalue weighted by atomic mass is 10.2. The Hall–Kier alpha value is -1.75. The van der Waals surface area contributed by atoms with Gasteiger partial charge < -0.3 is 9.40 Å². The fourth-order valence-corrected chi connectivity index (χ4v) is 2.34. The van der Waals surface area contributed by atoms with Gasteiger partial charge in [0.25, 0.3) is 0 Å². The van der Waals surface area contributed by atoms with Gasteiger partial charge in [-0.05, 0) is 37.4 Å². The number of carbonyl (C=O) groups excluding carboxylic acids is 1. The number of pyridine rings is 1. The summed E-state index contributed by atoms with van der Waals surface area (Å²) in [5.41, 5.74) is 1.08. The van der Waals surface area contributed by atoms with Crippen molar-refractivity contribution < 1.29 is 9.63 Å². The molecular weight excluding hydrogens is 260 g/mol. The summed E-state index contributed by atoms with van der Waals surface area (Å²) in [7, 11) is 0. The van der Waals surface area contributed by atoms with Crippen LogP contribution in [0.2, 0.25) is 0 Å². The molecule has 0 spiro atoms. The van der Waals surface area contributed by atoms with Gasteiger partial charge in [-0.25, -0.2) is 4.79 Å². The third-order valence-electron chi connectivity index (χ3n) is 2.81. The molecule has 0 bridgehead atoms. The molecule has 2 rings (SSSR count). The van der Waals surface area contributed by atoms with Gasteiger partial charge in [-0.15, -0.1) is 11.8 Å². The number of rotatable bonds is 3. The molecule has 0 saturated carbocycles. The highest BCUT2D eigenvalue weighted by atomic mass is 32.2. The third-order valence-corrected chi connectivity index (χ3v) is 3.54.